The molecule has 0 saturated carbocycles. The second-order valence-electron chi connectivity index (χ2n) is 6.91. The maximum absolute atomic E-state index is 13.6. The largest absolute Gasteiger partial charge is 0.351 e. The smallest absolute Gasteiger partial charge is 0.254 e. The Labute approximate surface area is 173 Å². The van der Waals surface area contributed by atoms with Crippen molar-refractivity contribution in [1.82, 2.24) is 15.1 Å². The van der Waals surface area contributed by atoms with Crippen molar-refractivity contribution >= 4 is 23.4 Å². The summed E-state index contributed by atoms with van der Waals surface area (Å²) in [4.78, 5) is 28.3. The molecule has 0 radical (unpaired) electrons. The summed E-state index contributed by atoms with van der Waals surface area (Å²) in [5, 5.41) is 3.21. The molecule has 1 fully saturated rings. The summed E-state index contributed by atoms with van der Waals surface area (Å²) in [6.45, 7) is 3.67. The summed E-state index contributed by atoms with van der Waals surface area (Å²) in [5.74, 6) is -2.39. The van der Waals surface area contributed by atoms with Crippen LogP contribution < -0.4 is 5.32 Å². The van der Waals surface area contributed by atoms with Crippen LogP contribution in [-0.4, -0.2) is 54.3 Å². The lowest BCUT2D eigenvalue weighted by atomic mass is 10.2. The molecule has 1 aliphatic rings. The van der Waals surface area contributed by atoms with Gasteiger partial charge in [0.15, 0.2) is 0 Å². The minimum absolute atomic E-state index is 0.0592. The molecule has 0 bridgehead atoms. The number of nitrogens with one attached hydrogen (secondary N) is 1. The predicted octanol–water partition coefficient (Wildman–Crippen LogP) is 3.08. The van der Waals surface area contributed by atoms with Gasteiger partial charge in [0.25, 0.3) is 5.91 Å². The number of hydrogen-bond acceptors (Lipinski definition) is 3. The number of piperazine rings is 1. The summed E-state index contributed by atoms with van der Waals surface area (Å²) in [5.41, 5.74) is 0.930. The van der Waals surface area contributed by atoms with Gasteiger partial charge < -0.3 is 10.2 Å². The zero-order chi connectivity index (χ0) is 20.8. The average molecular weight is 422 g/mol. The van der Waals surface area contributed by atoms with E-state index in [1.807, 2.05) is 24.3 Å². The number of amides is 2. The topological polar surface area (TPSA) is 52.7 Å². The number of nitrogens with zero attached hydrogens (tertiary/aromatic N) is 2. The van der Waals surface area contributed by atoms with Crippen molar-refractivity contribution < 1.29 is 18.4 Å². The van der Waals surface area contributed by atoms with Gasteiger partial charge in [-0.3, -0.25) is 14.5 Å². The first kappa shape index (κ1) is 21.2. The van der Waals surface area contributed by atoms with Crippen LogP contribution in [0, 0.1) is 11.6 Å². The van der Waals surface area contributed by atoms with E-state index in [0.29, 0.717) is 24.2 Å². The molecule has 3 rings (SSSR count). The SMILES string of the molecule is O=C(NCCC(=O)N1CCN(Cc2ccc(Cl)cc2)CC1)c1ccc(F)cc1F. The first-order valence-corrected chi connectivity index (χ1v) is 9.78. The Hall–Kier alpha value is -2.51. The van der Waals surface area contributed by atoms with Crippen LogP contribution in [0.1, 0.15) is 22.3 Å². The summed E-state index contributed by atoms with van der Waals surface area (Å²) in [6.07, 6.45) is 0.131. The van der Waals surface area contributed by atoms with Crippen LogP contribution in [0.15, 0.2) is 42.5 Å². The van der Waals surface area contributed by atoms with E-state index in [4.69, 9.17) is 11.6 Å². The van der Waals surface area contributed by atoms with E-state index in [9.17, 15) is 18.4 Å². The third kappa shape index (κ3) is 5.98. The molecule has 0 aromatic heterocycles. The molecular weight excluding hydrogens is 400 g/mol. The van der Waals surface area contributed by atoms with Crippen molar-refractivity contribution in [3.63, 3.8) is 0 Å². The average Bonchev–Trinajstić information content (AvgIpc) is 2.70. The van der Waals surface area contributed by atoms with Crippen molar-refractivity contribution in [2.75, 3.05) is 32.7 Å². The molecule has 29 heavy (non-hydrogen) atoms. The lowest BCUT2D eigenvalue weighted by molar-refractivity contribution is -0.132. The monoisotopic (exact) mass is 421 g/mol. The highest BCUT2D eigenvalue weighted by molar-refractivity contribution is 6.30. The molecular formula is C21H22ClF2N3O2. The van der Waals surface area contributed by atoms with Crippen LogP contribution in [0.4, 0.5) is 8.78 Å². The van der Waals surface area contributed by atoms with Gasteiger partial charge in [0.1, 0.15) is 11.6 Å². The van der Waals surface area contributed by atoms with E-state index >= 15 is 0 Å². The standard InChI is InChI=1S/C21H22ClF2N3O2/c22-16-3-1-15(2-4-16)14-26-9-11-27(12-10-26)20(28)7-8-25-21(29)18-6-5-17(23)13-19(18)24/h1-6,13H,7-12,14H2,(H,25,29). The number of halogens is 3. The molecule has 2 aromatic rings. The molecule has 0 atom stereocenters. The van der Waals surface area contributed by atoms with Gasteiger partial charge in [-0.25, -0.2) is 8.78 Å². The molecule has 1 aliphatic heterocycles. The van der Waals surface area contributed by atoms with Crippen molar-refractivity contribution in [1.29, 1.82) is 0 Å². The first-order chi connectivity index (χ1) is 13.9. The van der Waals surface area contributed by atoms with Gasteiger partial charge in [-0.15, -0.1) is 0 Å². The Balaban J connectivity index is 1.39. The Morgan fingerprint density at radius 3 is 2.34 bits per heavy atom. The van der Waals surface area contributed by atoms with E-state index < -0.39 is 17.5 Å². The molecule has 2 aromatic carbocycles. The first-order valence-electron chi connectivity index (χ1n) is 9.40. The summed E-state index contributed by atoms with van der Waals surface area (Å²) >= 11 is 5.90. The van der Waals surface area contributed by atoms with Crippen LogP contribution in [0.25, 0.3) is 0 Å². The highest BCUT2D eigenvalue weighted by Gasteiger charge is 2.21. The summed E-state index contributed by atoms with van der Waals surface area (Å²) < 4.78 is 26.5. The maximum Gasteiger partial charge on any atom is 0.254 e. The molecule has 0 spiro atoms. The quantitative estimate of drug-likeness (QED) is 0.779. The van der Waals surface area contributed by atoms with Gasteiger partial charge in [0.2, 0.25) is 5.91 Å². The van der Waals surface area contributed by atoms with Crippen molar-refractivity contribution in [2.24, 2.45) is 0 Å². The van der Waals surface area contributed by atoms with Gasteiger partial charge in [-0.1, -0.05) is 23.7 Å². The number of benzene rings is 2. The third-order valence-electron chi connectivity index (χ3n) is 4.84. The normalized spacial score (nSPS) is 14.7. The van der Waals surface area contributed by atoms with E-state index in [-0.39, 0.29) is 24.4 Å². The van der Waals surface area contributed by atoms with Gasteiger partial charge in [0, 0.05) is 56.8 Å². The predicted molar refractivity (Wildman–Crippen MR) is 107 cm³/mol. The zero-order valence-electron chi connectivity index (χ0n) is 15.8. The second-order valence-corrected chi connectivity index (χ2v) is 7.35. The highest BCUT2D eigenvalue weighted by atomic mass is 35.5. The lowest BCUT2D eigenvalue weighted by Gasteiger charge is -2.34. The Morgan fingerprint density at radius 1 is 1.00 bits per heavy atom. The van der Waals surface area contributed by atoms with Gasteiger partial charge in [-0.05, 0) is 29.8 Å². The fraction of sp³-hybridized carbons (Fsp3) is 0.333. The summed E-state index contributed by atoms with van der Waals surface area (Å²) in [6, 6.07) is 10.5. The fourth-order valence-electron chi connectivity index (χ4n) is 3.21. The molecule has 0 aliphatic carbocycles. The highest BCUT2D eigenvalue weighted by Crippen LogP contribution is 2.13. The Bertz CT molecular complexity index is 869. The lowest BCUT2D eigenvalue weighted by Crippen LogP contribution is -2.48. The number of carbonyl (C=O) groups is 2. The molecule has 2 amide bonds. The molecule has 1 N–H and O–H groups in total. The number of rotatable bonds is 6. The minimum Gasteiger partial charge on any atom is -0.351 e. The van der Waals surface area contributed by atoms with Crippen LogP contribution in [0.5, 0.6) is 0 Å². The van der Waals surface area contributed by atoms with Crippen LogP contribution in [0.3, 0.4) is 0 Å². The van der Waals surface area contributed by atoms with Crippen molar-refractivity contribution in [3.05, 3.63) is 70.2 Å². The van der Waals surface area contributed by atoms with Crippen LogP contribution >= 0.6 is 11.6 Å². The molecule has 5 nitrogen and oxygen atoms in total. The Morgan fingerprint density at radius 2 is 1.69 bits per heavy atom. The van der Waals surface area contributed by atoms with Crippen LogP contribution in [-0.2, 0) is 11.3 Å². The van der Waals surface area contributed by atoms with Crippen molar-refractivity contribution in [3.8, 4) is 0 Å². The summed E-state index contributed by atoms with van der Waals surface area (Å²) in [7, 11) is 0. The van der Waals surface area contributed by atoms with Gasteiger partial charge in [-0.2, -0.15) is 0 Å². The number of hydrogen-bond donors (Lipinski definition) is 1. The van der Waals surface area contributed by atoms with E-state index in [1.54, 1.807) is 4.90 Å². The molecule has 0 unspecified atom stereocenters. The van der Waals surface area contributed by atoms with E-state index in [2.05, 4.69) is 10.2 Å². The van der Waals surface area contributed by atoms with Gasteiger partial charge in [0.05, 0.1) is 5.56 Å². The van der Waals surface area contributed by atoms with Crippen molar-refractivity contribution in [2.45, 2.75) is 13.0 Å². The Kier molecular flexibility index (Phi) is 7.17. The zero-order valence-corrected chi connectivity index (χ0v) is 16.6. The second kappa shape index (κ2) is 9.80. The molecule has 8 heteroatoms. The minimum atomic E-state index is -0.925. The third-order valence-corrected chi connectivity index (χ3v) is 5.10. The van der Waals surface area contributed by atoms with Gasteiger partial charge >= 0.3 is 0 Å². The number of carbonyl (C=O) groups excluding carboxylic acids is 2. The maximum atomic E-state index is 13.6. The van der Waals surface area contributed by atoms with E-state index in [0.717, 1.165) is 31.8 Å². The van der Waals surface area contributed by atoms with Crippen LogP contribution in [0.2, 0.25) is 5.02 Å². The molecule has 1 heterocycles. The molecule has 1 saturated heterocycles. The van der Waals surface area contributed by atoms with E-state index in [1.165, 1.54) is 5.56 Å². The molecule has 154 valence electrons. The fourth-order valence-corrected chi connectivity index (χ4v) is 3.34.